The molecule has 1 fully saturated rings. The number of ether oxygens (including phenoxy) is 1. The van der Waals surface area contributed by atoms with Crippen LogP contribution in [0.2, 0.25) is 0 Å². The number of aliphatic imine (C=N–C) groups is 1. The minimum Gasteiger partial charge on any atom is -0.376 e. The maximum Gasteiger partial charge on any atom is 0.243 e. The van der Waals surface area contributed by atoms with Crippen molar-refractivity contribution in [2.75, 3.05) is 40.3 Å². The van der Waals surface area contributed by atoms with Gasteiger partial charge in [-0.05, 0) is 31.2 Å². The molecule has 0 saturated carbocycles. The van der Waals surface area contributed by atoms with Gasteiger partial charge in [-0.1, -0.05) is 30.3 Å². The van der Waals surface area contributed by atoms with Crippen LogP contribution in [0.15, 0.2) is 35.3 Å². The minimum atomic E-state index is -0.0157. The van der Waals surface area contributed by atoms with Crippen molar-refractivity contribution < 1.29 is 9.53 Å². The van der Waals surface area contributed by atoms with Crippen LogP contribution in [0, 0.1) is 0 Å². The molecule has 6 heteroatoms. The van der Waals surface area contributed by atoms with E-state index in [1.807, 2.05) is 18.2 Å². The number of carbonyl (C=O) groups excluding carboxylic acids is 1. The smallest absolute Gasteiger partial charge is 0.243 e. The molecule has 0 radical (unpaired) electrons. The van der Waals surface area contributed by atoms with Crippen LogP contribution in [-0.4, -0.2) is 63.2 Å². The molecular formula is C19H30N4O2. The van der Waals surface area contributed by atoms with Crippen LogP contribution in [-0.2, 0) is 16.0 Å². The normalized spacial score (nSPS) is 17.8. The predicted octanol–water partition coefficient (Wildman–Crippen LogP) is 1.42. The molecule has 0 spiro atoms. The quantitative estimate of drug-likeness (QED) is 0.579. The third-order valence-electron chi connectivity index (χ3n) is 4.19. The van der Waals surface area contributed by atoms with Crippen LogP contribution in [0.25, 0.3) is 0 Å². The highest BCUT2D eigenvalue weighted by molar-refractivity contribution is 5.84. The average molecular weight is 346 g/mol. The van der Waals surface area contributed by atoms with E-state index in [9.17, 15) is 4.79 Å². The third-order valence-corrected chi connectivity index (χ3v) is 4.19. The highest BCUT2D eigenvalue weighted by Gasteiger charge is 2.14. The van der Waals surface area contributed by atoms with Crippen molar-refractivity contribution in [1.82, 2.24) is 15.5 Å². The van der Waals surface area contributed by atoms with Crippen LogP contribution in [0.3, 0.4) is 0 Å². The summed E-state index contributed by atoms with van der Waals surface area (Å²) in [6.07, 6.45) is 4.55. The van der Waals surface area contributed by atoms with Gasteiger partial charge < -0.3 is 20.3 Å². The van der Waals surface area contributed by atoms with E-state index in [1.54, 1.807) is 19.0 Å². The molecule has 1 aromatic rings. The molecule has 1 atom stereocenters. The van der Waals surface area contributed by atoms with Crippen molar-refractivity contribution in [3.8, 4) is 0 Å². The summed E-state index contributed by atoms with van der Waals surface area (Å²) in [4.78, 5) is 17.7. The van der Waals surface area contributed by atoms with E-state index < -0.39 is 0 Å². The van der Waals surface area contributed by atoms with E-state index in [4.69, 9.17) is 4.74 Å². The Morgan fingerprint density at radius 3 is 2.72 bits per heavy atom. The molecule has 2 N–H and O–H groups in total. The SMILES string of the molecule is CN(C)C(=O)CN=C(NCCc1ccccc1)NCC1CCCCO1. The third kappa shape index (κ3) is 7.56. The first-order valence-electron chi connectivity index (χ1n) is 9.03. The van der Waals surface area contributed by atoms with Crippen molar-refractivity contribution in [2.24, 2.45) is 4.99 Å². The topological polar surface area (TPSA) is 66.0 Å². The summed E-state index contributed by atoms with van der Waals surface area (Å²) in [6.45, 7) is 2.45. The fourth-order valence-electron chi connectivity index (χ4n) is 2.61. The van der Waals surface area contributed by atoms with Gasteiger partial charge in [-0.2, -0.15) is 0 Å². The van der Waals surface area contributed by atoms with Crippen molar-refractivity contribution in [2.45, 2.75) is 31.8 Å². The molecule has 0 aliphatic carbocycles. The lowest BCUT2D eigenvalue weighted by molar-refractivity contribution is -0.127. The van der Waals surface area contributed by atoms with Gasteiger partial charge in [0.1, 0.15) is 6.54 Å². The number of benzene rings is 1. The monoisotopic (exact) mass is 346 g/mol. The number of nitrogens with zero attached hydrogens (tertiary/aromatic N) is 2. The Balaban J connectivity index is 1.83. The second kappa shape index (κ2) is 10.7. The van der Waals surface area contributed by atoms with E-state index in [1.165, 1.54) is 12.0 Å². The lowest BCUT2D eigenvalue weighted by Crippen LogP contribution is -2.43. The molecule has 1 heterocycles. The summed E-state index contributed by atoms with van der Waals surface area (Å²) in [7, 11) is 3.48. The number of carbonyl (C=O) groups is 1. The first kappa shape index (κ1) is 19.2. The highest BCUT2D eigenvalue weighted by atomic mass is 16.5. The lowest BCUT2D eigenvalue weighted by atomic mass is 10.1. The summed E-state index contributed by atoms with van der Waals surface area (Å²) in [5, 5.41) is 6.63. The van der Waals surface area contributed by atoms with Crippen LogP contribution < -0.4 is 10.6 Å². The Labute approximate surface area is 150 Å². The Kier molecular flexibility index (Phi) is 8.25. The number of amides is 1. The van der Waals surface area contributed by atoms with Crippen molar-refractivity contribution >= 4 is 11.9 Å². The van der Waals surface area contributed by atoms with Gasteiger partial charge in [0.2, 0.25) is 5.91 Å². The van der Waals surface area contributed by atoms with Gasteiger partial charge in [0.15, 0.2) is 5.96 Å². The second-order valence-corrected chi connectivity index (χ2v) is 6.48. The number of hydrogen-bond donors (Lipinski definition) is 2. The average Bonchev–Trinajstić information content (AvgIpc) is 2.64. The van der Waals surface area contributed by atoms with Crippen molar-refractivity contribution in [3.05, 3.63) is 35.9 Å². The Morgan fingerprint density at radius 2 is 2.04 bits per heavy atom. The lowest BCUT2D eigenvalue weighted by Gasteiger charge is -2.24. The van der Waals surface area contributed by atoms with Gasteiger partial charge in [0.05, 0.1) is 6.10 Å². The number of nitrogens with one attached hydrogen (secondary N) is 2. The molecule has 1 amide bonds. The Morgan fingerprint density at radius 1 is 1.24 bits per heavy atom. The maximum absolute atomic E-state index is 11.8. The summed E-state index contributed by atoms with van der Waals surface area (Å²) in [5.41, 5.74) is 1.27. The Hall–Kier alpha value is -2.08. The maximum atomic E-state index is 11.8. The first-order valence-corrected chi connectivity index (χ1v) is 9.03. The fourth-order valence-corrected chi connectivity index (χ4v) is 2.61. The number of guanidine groups is 1. The van der Waals surface area contributed by atoms with Gasteiger partial charge in [0, 0.05) is 33.8 Å². The summed E-state index contributed by atoms with van der Waals surface area (Å²) in [6, 6.07) is 10.3. The molecule has 0 bridgehead atoms. The highest BCUT2D eigenvalue weighted by Crippen LogP contribution is 2.11. The molecule has 25 heavy (non-hydrogen) atoms. The number of likely N-dealkylation sites (N-methyl/N-ethyl adjacent to an activating group) is 1. The molecule has 138 valence electrons. The van der Waals surface area contributed by atoms with Crippen LogP contribution in [0.5, 0.6) is 0 Å². The van der Waals surface area contributed by atoms with Gasteiger partial charge in [-0.3, -0.25) is 4.79 Å². The van der Waals surface area contributed by atoms with Crippen LogP contribution >= 0.6 is 0 Å². The Bertz CT molecular complexity index is 540. The zero-order valence-corrected chi connectivity index (χ0v) is 15.3. The van der Waals surface area contributed by atoms with Gasteiger partial charge in [-0.15, -0.1) is 0 Å². The molecule has 1 aliphatic rings. The summed E-state index contributed by atoms with van der Waals surface area (Å²) < 4.78 is 5.75. The van der Waals surface area contributed by atoms with Crippen LogP contribution in [0.4, 0.5) is 0 Å². The summed E-state index contributed by atoms with van der Waals surface area (Å²) in [5.74, 6) is 0.651. The zero-order valence-electron chi connectivity index (χ0n) is 15.3. The molecule has 0 aromatic heterocycles. The van der Waals surface area contributed by atoms with Crippen molar-refractivity contribution in [3.63, 3.8) is 0 Å². The van der Waals surface area contributed by atoms with E-state index in [2.05, 4.69) is 27.8 Å². The number of rotatable bonds is 7. The zero-order chi connectivity index (χ0) is 17.9. The summed E-state index contributed by atoms with van der Waals surface area (Å²) >= 11 is 0. The molecule has 1 saturated heterocycles. The molecule has 2 rings (SSSR count). The van der Waals surface area contributed by atoms with Gasteiger partial charge in [-0.25, -0.2) is 4.99 Å². The molecule has 1 unspecified atom stereocenters. The first-order chi connectivity index (χ1) is 12.1. The molecule has 1 aromatic carbocycles. The molecule has 1 aliphatic heterocycles. The van der Waals surface area contributed by atoms with E-state index >= 15 is 0 Å². The standard InChI is InChI=1S/C19H30N4O2/c1-23(2)18(24)15-22-19(21-14-17-10-6-7-13-25-17)20-12-11-16-8-4-3-5-9-16/h3-5,8-9,17H,6-7,10-15H2,1-2H3,(H2,20,21,22). The van der Waals surface area contributed by atoms with Crippen molar-refractivity contribution in [1.29, 1.82) is 0 Å². The van der Waals surface area contributed by atoms with Gasteiger partial charge in [0.25, 0.3) is 0 Å². The molecule has 6 nitrogen and oxygen atoms in total. The molecular weight excluding hydrogens is 316 g/mol. The van der Waals surface area contributed by atoms with E-state index in [-0.39, 0.29) is 18.6 Å². The fraction of sp³-hybridized carbons (Fsp3) is 0.579. The van der Waals surface area contributed by atoms with E-state index in [0.717, 1.165) is 32.4 Å². The second-order valence-electron chi connectivity index (χ2n) is 6.48. The van der Waals surface area contributed by atoms with Crippen LogP contribution in [0.1, 0.15) is 24.8 Å². The predicted molar refractivity (Wildman–Crippen MR) is 101 cm³/mol. The largest absolute Gasteiger partial charge is 0.376 e. The number of hydrogen-bond acceptors (Lipinski definition) is 3. The van der Waals surface area contributed by atoms with E-state index in [0.29, 0.717) is 12.5 Å². The minimum absolute atomic E-state index is 0.0157. The van der Waals surface area contributed by atoms with Gasteiger partial charge >= 0.3 is 0 Å².